The van der Waals surface area contributed by atoms with Crippen molar-refractivity contribution in [2.75, 3.05) is 16.8 Å². The third-order valence-corrected chi connectivity index (χ3v) is 5.31. The number of carbonyl (C=O) groups is 3. The van der Waals surface area contributed by atoms with Crippen molar-refractivity contribution in [3.8, 4) is 5.75 Å². The third kappa shape index (κ3) is 4.56. The molecule has 0 aromatic heterocycles. The van der Waals surface area contributed by atoms with Crippen LogP contribution in [0, 0.1) is 0 Å². The number of carbonyl (C=O) groups excluding carboxylic acids is 3. The number of esters is 1. The second kappa shape index (κ2) is 9.09. The molecule has 1 N–H and O–H groups in total. The Morgan fingerprint density at radius 3 is 2.59 bits per heavy atom. The first-order valence-electron chi connectivity index (χ1n) is 10.5. The topological polar surface area (TPSA) is 84.9 Å². The first kappa shape index (κ1) is 21.4. The number of anilines is 2. The Hall–Kier alpha value is -3.87. The fourth-order valence-corrected chi connectivity index (χ4v) is 3.61. The van der Waals surface area contributed by atoms with Crippen molar-refractivity contribution < 1.29 is 23.9 Å². The lowest BCUT2D eigenvalue weighted by Gasteiger charge is -2.32. The molecule has 0 aliphatic carbocycles. The highest BCUT2D eigenvalue weighted by atomic mass is 16.5. The van der Waals surface area contributed by atoms with Crippen molar-refractivity contribution in [1.82, 2.24) is 0 Å². The van der Waals surface area contributed by atoms with Crippen LogP contribution in [0.1, 0.15) is 20.3 Å². The highest BCUT2D eigenvalue weighted by molar-refractivity contribution is 6.00. The summed E-state index contributed by atoms with van der Waals surface area (Å²) in [6.07, 6.45) is -1.64. The molecule has 0 saturated heterocycles. The maximum atomic E-state index is 12.5. The van der Waals surface area contributed by atoms with Crippen molar-refractivity contribution >= 4 is 39.9 Å². The summed E-state index contributed by atoms with van der Waals surface area (Å²) in [5.74, 6) is -0.611. The minimum absolute atomic E-state index is 0.0413. The quantitative estimate of drug-likeness (QED) is 0.597. The van der Waals surface area contributed by atoms with Crippen molar-refractivity contribution in [3.05, 3.63) is 66.7 Å². The fraction of sp³-hybridized carbons (Fsp3) is 0.240. The Labute approximate surface area is 185 Å². The summed E-state index contributed by atoms with van der Waals surface area (Å²) < 4.78 is 10.9. The summed E-state index contributed by atoms with van der Waals surface area (Å²) in [6, 6.07) is 20.6. The van der Waals surface area contributed by atoms with Crippen LogP contribution in [-0.2, 0) is 19.1 Å². The first-order valence-corrected chi connectivity index (χ1v) is 10.5. The zero-order valence-electron chi connectivity index (χ0n) is 17.9. The summed E-state index contributed by atoms with van der Waals surface area (Å²) >= 11 is 0. The number of amides is 2. The molecule has 3 aromatic rings. The molecule has 1 aliphatic rings. The summed E-state index contributed by atoms with van der Waals surface area (Å²) in [4.78, 5) is 38.9. The van der Waals surface area contributed by atoms with E-state index in [1.165, 1.54) is 11.8 Å². The van der Waals surface area contributed by atoms with E-state index in [1.54, 1.807) is 31.2 Å². The van der Waals surface area contributed by atoms with Gasteiger partial charge in [0.05, 0.1) is 12.1 Å². The Morgan fingerprint density at radius 2 is 1.78 bits per heavy atom. The lowest BCUT2D eigenvalue weighted by molar-refractivity contribution is -0.153. The minimum Gasteiger partial charge on any atom is -0.479 e. The molecule has 0 radical (unpaired) electrons. The van der Waals surface area contributed by atoms with E-state index in [2.05, 4.69) is 5.32 Å². The third-order valence-electron chi connectivity index (χ3n) is 5.31. The average molecular weight is 432 g/mol. The molecule has 2 unspecified atom stereocenters. The van der Waals surface area contributed by atoms with Gasteiger partial charge in [-0.3, -0.25) is 14.4 Å². The molecular formula is C25H24N2O5. The lowest BCUT2D eigenvalue weighted by Crippen LogP contribution is -2.45. The van der Waals surface area contributed by atoms with Crippen molar-refractivity contribution in [3.63, 3.8) is 0 Å². The maximum Gasteiger partial charge on any atom is 0.308 e. The fourth-order valence-electron chi connectivity index (χ4n) is 3.61. The van der Waals surface area contributed by atoms with E-state index >= 15 is 0 Å². The highest BCUT2D eigenvalue weighted by Crippen LogP contribution is 2.33. The van der Waals surface area contributed by atoms with Crippen LogP contribution in [0.4, 0.5) is 11.4 Å². The normalized spacial score (nSPS) is 16.1. The van der Waals surface area contributed by atoms with Crippen LogP contribution in [0.15, 0.2) is 66.7 Å². The molecule has 0 saturated carbocycles. The van der Waals surface area contributed by atoms with Gasteiger partial charge in [0.15, 0.2) is 12.2 Å². The monoisotopic (exact) mass is 432 g/mol. The molecule has 3 aromatic carbocycles. The van der Waals surface area contributed by atoms with Gasteiger partial charge < -0.3 is 19.7 Å². The minimum atomic E-state index is -0.972. The molecule has 0 bridgehead atoms. The zero-order chi connectivity index (χ0) is 22.7. The van der Waals surface area contributed by atoms with E-state index in [-0.39, 0.29) is 18.9 Å². The number of nitrogens with zero attached hydrogens (tertiary/aromatic N) is 1. The second-order valence-corrected chi connectivity index (χ2v) is 7.65. The van der Waals surface area contributed by atoms with Crippen LogP contribution in [0.25, 0.3) is 10.8 Å². The van der Waals surface area contributed by atoms with E-state index in [4.69, 9.17) is 9.47 Å². The van der Waals surface area contributed by atoms with Gasteiger partial charge in [-0.15, -0.1) is 0 Å². The van der Waals surface area contributed by atoms with E-state index in [1.807, 2.05) is 42.5 Å². The predicted octanol–water partition coefficient (Wildman–Crippen LogP) is 3.91. The van der Waals surface area contributed by atoms with Gasteiger partial charge in [-0.2, -0.15) is 0 Å². The molecule has 1 aliphatic heterocycles. The molecule has 164 valence electrons. The van der Waals surface area contributed by atoms with E-state index in [9.17, 15) is 14.4 Å². The van der Waals surface area contributed by atoms with Gasteiger partial charge in [0.1, 0.15) is 5.75 Å². The summed E-state index contributed by atoms with van der Waals surface area (Å²) in [5, 5.41) is 4.84. The highest BCUT2D eigenvalue weighted by Gasteiger charge is 2.31. The van der Waals surface area contributed by atoms with Crippen LogP contribution in [0.3, 0.4) is 0 Å². The first-order chi connectivity index (χ1) is 15.4. The van der Waals surface area contributed by atoms with Gasteiger partial charge in [0.25, 0.3) is 11.8 Å². The molecule has 7 nitrogen and oxygen atoms in total. The second-order valence-electron chi connectivity index (χ2n) is 7.65. The van der Waals surface area contributed by atoms with Crippen LogP contribution < -0.4 is 15.0 Å². The largest absolute Gasteiger partial charge is 0.479 e. The van der Waals surface area contributed by atoms with Gasteiger partial charge in [-0.05, 0) is 48.9 Å². The Balaban J connectivity index is 1.33. The molecule has 1 heterocycles. The summed E-state index contributed by atoms with van der Waals surface area (Å²) in [6.45, 7) is 3.33. The molecule has 0 spiro atoms. The Morgan fingerprint density at radius 1 is 1.06 bits per heavy atom. The standard InChI is InChI=1S/C25H24N2O5/c1-16(24(29)26-20-12-11-18-7-3-4-8-19(18)15-20)32-23(28)13-14-27-21-9-5-6-10-22(21)31-17(2)25(27)30/h3-12,15-17H,13-14H2,1-2H3,(H,26,29). The number of hydrogen-bond acceptors (Lipinski definition) is 5. The van der Waals surface area contributed by atoms with Crippen LogP contribution in [-0.4, -0.2) is 36.5 Å². The van der Waals surface area contributed by atoms with Crippen LogP contribution in [0.2, 0.25) is 0 Å². The van der Waals surface area contributed by atoms with Gasteiger partial charge in [-0.25, -0.2) is 0 Å². The van der Waals surface area contributed by atoms with Crippen molar-refractivity contribution in [2.24, 2.45) is 0 Å². The summed E-state index contributed by atoms with van der Waals surface area (Å²) in [7, 11) is 0. The molecule has 7 heteroatoms. The smallest absolute Gasteiger partial charge is 0.308 e. The van der Waals surface area contributed by atoms with Crippen LogP contribution in [0.5, 0.6) is 5.75 Å². The van der Waals surface area contributed by atoms with Crippen LogP contribution >= 0.6 is 0 Å². The predicted molar refractivity (Wildman–Crippen MR) is 122 cm³/mol. The van der Waals surface area contributed by atoms with Gasteiger partial charge in [0, 0.05) is 12.2 Å². The molecule has 0 fully saturated rings. The van der Waals surface area contributed by atoms with Crippen molar-refractivity contribution in [1.29, 1.82) is 0 Å². The Bertz CT molecular complexity index is 1180. The lowest BCUT2D eigenvalue weighted by atomic mass is 10.1. The number of benzene rings is 3. The molecule has 32 heavy (non-hydrogen) atoms. The molecular weight excluding hydrogens is 408 g/mol. The van der Waals surface area contributed by atoms with Gasteiger partial charge in [0.2, 0.25) is 0 Å². The number of ether oxygens (including phenoxy) is 2. The zero-order valence-corrected chi connectivity index (χ0v) is 17.9. The van der Waals surface area contributed by atoms with Gasteiger partial charge >= 0.3 is 5.97 Å². The molecule has 4 rings (SSSR count). The van der Waals surface area contributed by atoms with Gasteiger partial charge in [-0.1, -0.05) is 42.5 Å². The Kier molecular flexibility index (Phi) is 6.07. The van der Waals surface area contributed by atoms with E-state index in [0.717, 1.165) is 10.8 Å². The maximum absolute atomic E-state index is 12.5. The summed E-state index contributed by atoms with van der Waals surface area (Å²) in [5.41, 5.74) is 1.24. The number of nitrogens with one attached hydrogen (secondary N) is 1. The number of hydrogen-bond donors (Lipinski definition) is 1. The number of rotatable bonds is 6. The van der Waals surface area contributed by atoms with E-state index in [0.29, 0.717) is 17.1 Å². The molecule has 2 amide bonds. The average Bonchev–Trinajstić information content (AvgIpc) is 2.79. The SMILES string of the molecule is CC(OC(=O)CCN1C(=O)C(C)Oc2ccccc21)C(=O)Nc1ccc2ccccc2c1. The molecule has 2 atom stereocenters. The number of fused-ring (bicyclic) bond motifs is 2. The number of para-hydroxylation sites is 2. The van der Waals surface area contributed by atoms with Crippen molar-refractivity contribution in [2.45, 2.75) is 32.5 Å². The van der Waals surface area contributed by atoms with E-state index < -0.39 is 24.1 Å².